The van der Waals surface area contributed by atoms with Crippen molar-refractivity contribution in [3.05, 3.63) is 70.5 Å². The van der Waals surface area contributed by atoms with Crippen LogP contribution in [-0.2, 0) is 20.9 Å². The Kier molecular flexibility index (Phi) is 4.08. The predicted octanol–water partition coefficient (Wildman–Crippen LogP) is 3.69. The molecule has 6 heteroatoms. The third kappa shape index (κ3) is 3.01. The molecule has 2 heterocycles. The highest BCUT2D eigenvalue weighted by Gasteiger charge is 2.20. The van der Waals surface area contributed by atoms with Gasteiger partial charge in [-0.1, -0.05) is 6.08 Å². The Hall–Kier alpha value is -3.28. The van der Waals surface area contributed by atoms with Gasteiger partial charge in [0.2, 0.25) is 0 Å². The van der Waals surface area contributed by atoms with Gasteiger partial charge in [0, 0.05) is 28.5 Å². The van der Waals surface area contributed by atoms with E-state index in [-0.39, 0.29) is 18.5 Å². The lowest BCUT2D eigenvalue weighted by molar-refractivity contribution is -0.148. The molecule has 0 saturated heterocycles. The van der Waals surface area contributed by atoms with Crippen LogP contribution < -0.4 is 5.63 Å². The number of fused-ring (bicyclic) bond motifs is 2. The van der Waals surface area contributed by atoms with Crippen molar-refractivity contribution in [2.75, 3.05) is 7.11 Å². The van der Waals surface area contributed by atoms with Gasteiger partial charge in [0.05, 0.1) is 19.3 Å². The number of ether oxygens (including phenoxy) is 2. The van der Waals surface area contributed by atoms with Crippen LogP contribution in [0.25, 0.3) is 21.9 Å². The number of furan rings is 1. The van der Waals surface area contributed by atoms with E-state index >= 15 is 0 Å². The number of esters is 1. The highest BCUT2D eigenvalue weighted by Crippen LogP contribution is 2.26. The second kappa shape index (κ2) is 6.55. The topological polar surface area (TPSA) is 78.9 Å². The van der Waals surface area contributed by atoms with E-state index in [4.69, 9.17) is 18.3 Å². The van der Waals surface area contributed by atoms with Crippen LogP contribution in [0, 0.1) is 5.92 Å². The number of methoxy groups -OCH3 is 1. The molecular weight excluding hydrogens is 336 g/mol. The summed E-state index contributed by atoms with van der Waals surface area (Å²) in [6.45, 7) is -0.00448. The van der Waals surface area contributed by atoms with Crippen LogP contribution in [0.4, 0.5) is 0 Å². The summed E-state index contributed by atoms with van der Waals surface area (Å²) in [5.41, 5.74) is 1.12. The van der Waals surface area contributed by atoms with Crippen molar-refractivity contribution in [3.8, 4) is 0 Å². The molecular formula is C20H16O6. The van der Waals surface area contributed by atoms with Crippen LogP contribution in [0.15, 0.2) is 68.1 Å². The van der Waals surface area contributed by atoms with E-state index in [9.17, 15) is 9.59 Å². The number of rotatable bonds is 4. The second-order valence-electron chi connectivity index (χ2n) is 6.02. The molecule has 1 aliphatic rings. The summed E-state index contributed by atoms with van der Waals surface area (Å²) >= 11 is 0. The fourth-order valence-electron chi connectivity index (χ4n) is 2.99. The summed E-state index contributed by atoms with van der Waals surface area (Å²) in [6, 6.07) is 6.69. The third-order valence-electron chi connectivity index (χ3n) is 4.38. The molecule has 26 heavy (non-hydrogen) atoms. The number of carbonyl (C=O) groups excluding carboxylic acids is 1. The van der Waals surface area contributed by atoms with Crippen molar-refractivity contribution in [1.29, 1.82) is 0 Å². The van der Waals surface area contributed by atoms with Gasteiger partial charge in [-0.05, 0) is 30.7 Å². The zero-order valence-corrected chi connectivity index (χ0v) is 14.1. The second-order valence-corrected chi connectivity index (χ2v) is 6.02. The molecule has 0 aliphatic heterocycles. The SMILES string of the molecule is COC1=CCC(C(=O)OCc2cc(=O)oc3cc4occc4cc23)C=C1. The van der Waals surface area contributed by atoms with Crippen LogP contribution in [-0.4, -0.2) is 13.1 Å². The van der Waals surface area contributed by atoms with Gasteiger partial charge in [0.25, 0.3) is 0 Å². The van der Waals surface area contributed by atoms with E-state index in [1.54, 1.807) is 31.6 Å². The lowest BCUT2D eigenvalue weighted by Crippen LogP contribution is -2.17. The molecule has 4 rings (SSSR count). The zero-order chi connectivity index (χ0) is 18.1. The minimum Gasteiger partial charge on any atom is -0.497 e. The summed E-state index contributed by atoms with van der Waals surface area (Å²) in [5, 5.41) is 1.60. The first-order chi connectivity index (χ1) is 12.6. The first-order valence-electron chi connectivity index (χ1n) is 8.17. The standard InChI is InChI=1S/C20H16O6/c1-23-15-4-2-12(3-5-15)20(22)25-11-14-9-19(21)26-18-10-17-13(6-7-24-17)8-16(14)18/h2,4-10,12H,3,11H2,1H3. The van der Waals surface area contributed by atoms with Crippen molar-refractivity contribution in [1.82, 2.24) is 0 Å². The Morgan fingerprint density at radius 2 is 2.15 bits per heavy atom. The predicted molar refractivity (Wildman–Crippen MR) is 94.4 cm³/mol. The first kappa shape index (κ1) is 16.2. The Morgan fingerprint density at radius 3 is 2.92 bits per heavy atom. The Bertz CT molecular complexity index is 1100. The van der Waals surface area contributed by atoms with Gasteiger partial charge in [0.1, 0.15) is 23.5 Å². The van der Waals surface area contributed by atoms with Crippen molar-refractivity contribution in [3.63, 3.8) is 0 Å². The van der Waals surface area contributed by atoms with Crippen LogP contribution in [0.1, 0.15) is 12.0 Å². The van der Waals surface area contributed by atoms with Crippen molar-refractivity contribution < 1.29 is 23.1 Å². The summed E-state index contributed by atoms with van der Waals surface area (Å²) in [5.74, 6) is 0.0177. The van der Waals surface area contributed by atoms with E-state index < -0.39 is 5.63 Å². The largest absolute Gasteiger partial charge is 0.497 e. The molecule has 0 spiro atoms. The number of carbonyl (C=O) groups is 1. The van der Waals surface area contributed by atoms with Crippen molar-refractivity contribution in [2.45, 2.75) is 13.0 Å². The number of hydrogen-bond acceptors (Lipinski definition) is 6. The summed E-state index contributed by atoms with van der Waals surface area (Å²) in [4.78, 5) is 24.1. The highest BCUT2D eigenvalue weighted by atomic mass is 16.5. The Morgan fingerprint density at radius 1 is 1.27 bits per heavy atom. The minimum absolute atomic E-state index is 0.00448. The summed E-state index contributed by atoms with van der Waals surface area (Å²) < 4.78 is 21.1. The molecule has 1 aromatic carbocycles. The lowest BCUT2D eigenvalue weighted by atomic mass is 10.0. The lowest BCUT2D eigenvalue weighted by Gasteiger charge is -2.15. The van der Waals surface area contributed by atoms with Gasteiger partial charge in [-0.15, -0.1) is 0 Å². The maximum Gasteiger partial charge on any atom is 0.336 e. The molecule has 1 unspecified atom stereocenters. The minimum atomic E-state index is -0.500. The molecule has 0 fully saturated rings. The normalized spacial score (nSPS) is 16.7. The van der Waals surface area contributed by atoms with Gasteiger partial charge in [-0.3, -0.25) is 4.79 Å². The average Bonchev–Trinajstić information content (AvgIpc) is 3.11. The van der Waals surface area contributed by atoms with E-state index in [1.165, 1.54) is 6.07 Å². The molecule has 0 saturated carbocycles. The zero-order valence-electron chi connectivity index (χ0n) is 14.1. The maximum atomic E-state index is 12.3. The molecule has 1 aliphatic carbocycles. The summed E-state index contributed by atoms with van der Waals surface area (Å²) in [6.07, 6.45) is 7.43. The van der Waals surface area contributed by atoms with Gasteiger partial charge in [-0.25, -0.2) is 4.79 Å². The third-order valence-corrected chi connectivity index (χ3v) is 4.38. The number of benzene rings is 1. The van der Waals surface area contributed by atoms with Crippen LogP contribution in [0.2, 0.25) is 0 Å². The number of hydrogen-bond donors (Lipinski definition) is 0. The van der Waals surface area contributed by atoms with Crippen molar-refractivity contribution >= 4 is 27.9 Å². The highest BCUT2D eigenvalue weighted by molar-refractivity contribution is 5.94. The fraction of sp³-hybridized carbons (Fsp3) is 0.200. The monoisotopic (exact) mass is 352 g/mol. The average molecular weight is 352 g/mol. The van der Waals surface area contributed by atoms with Gasteiger partial charge in [0.15, 0.2) is 0 Å². The molecule has 0 bridgehead atoms. The molecule has 0 radical (unpaired) electrons. The quantitative estimate of drug-likeness (QED) is 0.526. The number of allylic oxidation sites excluding steroid dienone is 2. The van der Waals surface area contributed by atoms with E-state index in [0.717, 1.165) is 11.1 Å². The van der Waals surface area contributed by atoms with Crippen LogP contribution in [0.5, 0.6) is 0 Å². The van der Waals surface area contributed by atoms with Gasteiger partial charge >= 0.3 is 11.6 Å². The smallest absolute Gasteiger partial charge is 0.336 e. The Balaban J connectivity index is 1.57. The first-order valence-corrected chi connectivity index (χ1v) is 8.17. The molecule has 1 atom stereocenters. The Labute approximate surface area is 148 Å². The van der Waals surface area contributed by atoms with E-state index in [1.807, 2.05) is 18.2 Å². The molecule has 2 aromatic heterocycles. The molecule has 3 aromatic rings. The van der Waals surface area contributed by atoms with Gasteiger partial charge in [-0.2, -0.15) is 0 Å². The van der Waals surface area contributed by atoms with Gasteiger partial charge < -0.3 is 18.3 Å². The van der Waals surface area contributed by atoms with Crippen molar-refractivity contribution in [2.24, 2.45) is 5.92 Å². The molecule has 132 valence electrons. The van der Waals surface area contributed by atoms with E-state index in [0.29, 0.717) is 28.5 Å². The van der Waals surface area contributed by atoms with E-state index in [2.05, 4.69) is 0 Å². The fourth-order valence-corrected chi connectivity index (χ4v) is 2.99. The van der Waals surface area contributed by atoms with Crippen LogP contribution in [0.3, 0.4) is 0 Å². The molecule has 6 nitrogen and oxygen atoms in total. The molecule has 0 amide bonds. The van der Waals surface area contributed by atoms with Crippen LogP contribution >= 0.6 is 0 Å². The maximum absolute atomic E-state index is 12.3. The molecule has 0 N–H and O–H groups in total. The summed E-state index contributed by atoms with van der Waals surface area (Å²) in [7, 11) is 1.58.